The molecule has 2 nitrogen and oxygen atoms in total. The lowest BCUT2D eigenvalue weighted by atomic mass is 10.1. The van der Waals surface area contributed by atoms with Crippen molar-refractivity contribution in [2.24, 2.45) is 0 Å². The maximum Gasteiger partial charge on any atom is 0.127 e. The molecule has 1 aliphatic rings. The van der Waals surface area contributed by atoms with Crippen LogP contribution < -0.4 is 0 Å². The van der Waals surface area contributed by atoms with Crippen molar-refractivity contribution >= 4 is 0 Å². The van der Waals surface area contributed by atoms with Gasteiger partial charge in [0.1, 0.15) is 5.82 Å². The van der Waals surface area contributed by atoms with E-state index < -0.39 is 0 Å². The van der Waals surface area contributed by atoms with Crippen LogP contribution in [0.5, 0.6) is 0 Å². The standard InChI is InChI=1S/C14H20FNO/c1-2-12-4-5-13(14(15)10-12)11-16-6-3-8-17-9-7-16/h4-5,10H,2-3,6-9,11H2,1H3. The van der Waals surface area contributed by atoms with Crippen LogP contribution in [0.1, 0.15) is 24.5 Å². The third-order valence-electron chi connectivity index (χ3n) is 3.23. The highest BCUT2D eigenvalue weighted by Crippen LogP contribution is 2.14. The number of halogens is 1. The minimum atomic E-state index is -0.0745. The van der Waals surface area contributed by atoms with E-state index in [1.807, 2.05) is 19.1 Å². The van der Waals surface area contributed by atoms with Gasteiger partial charge in [-0.15, -0.1) is 0 Å². The number of rotatable bonds is 3. The Morgan fingerprint density at radius 2 is 2.18 bits per heavy atom. The monoisotopic (exact) mass is 237 g/mol. The van der Waals surface area contributed by atoms with Crippen molar-refractivity contribution in [1.82, 2.24) is 4.90 Å². The van der Waals surface area contributed by atoms with Gasteiger partial charge in [0, 0.05) is 31.8 Å². The summed E-state index contributed by atoms with van der Waals surface area (Å²) in [6.45, 7) is 6.21. The molecule has 1 aromatic rings. The van der Waals surface area contributed by atoms with Gasteiger partial charge in [0.05, 0.1) is 6.61 Å². The molecule has 0 saturated carbocycles. The minimum absolute atomic E-state index is 0.0745. The van der Waals surface area contributed by atoms with Crippen LogP contribution in [0.15, 0.2) is 18.2 Å². The van der Waals surface area contributed by atoms with Gasteiger partial charge in [-0.1, -0.05) is 19.1 Å². The summed E-state index contributed by atoms with van der Waals surface area (Å²) < 4.78 is 19.2. The van der Waals surface area contributed by atoms with Crippen LogP contribution in [0.25, 0.3) is 0 Å². The molecule has 1 aromatic carbocycles. The molecule has 2 rings (SSSR count). The van der Waals surface area contributed by atoms with E-state index in [2.05, 4.69) is 4.90 Å². The molecule has 0 radical (unpaired) electrons. The normalized spacial score (nSPS) is 18.0. The van der Waals surface area contributed by atoms with Crippen molar-refractivity contribution in [2.75, 3.05) is 26.3 Å². The number of ether oxygens (including phenoxy) is 1. The molecule has 1 fully saturated rings. The second kappa shape index (κ2) is 6.12. The van der Waals surface area contributed by atoms with Crippen LogP contribution in [0.3, 0.4) is 0 Å². The maximum atomic E-state index is 13.8. The van der Waals surface area contributed by atoms with Gasteiger partial charge in [0.25, 0.3) is 0 Å². The lowest BCUT2D eigenvalue weighted by molar-refractivity contribution is 0.140. The molecule has 0 N–H and O–H groups in total. The Kier molecular flexibility index (Phi) is 4.51. The minimum Gasteiger partial charge on any atom is -0.380 e. The predicted octanol–water partition coefficient (Wildman–Crippen LogP) is 2.61. The fourth-order valence-corrected chi connectivity index (χ4v) is 2.14. The van der Waals surface area contributed by atoms with E-state index in [4.69, 9.17) is 4.74 Å². The molecule has 1 saturated heterocycles. The third kappa shape index (κ3) is 3.51. The van der Waals surface area contributed by atoms with Gasteiger partial charge in [-0.2, -0.15) is 0 Å². The van der Waals surface area contributed by atoms with Crippen LogP contribution in [-0.2, 0) is 17.7 Å². The zero-order chi connectivity index (χ0) is 12.1. The number of nitrogens with zero attached hydrogens (tertiary/aromatic N) is 1. The highest BCUT2D eigenvalue weighted by atomic mass is 19.1. The zero-order valence-electron chi connectivity index (χ0n) is 10.4. The van der Waals surface area contributed by atoms with Crippen molar-refractivity contribution in [3.8, 4) is 0 Å². The van der Waals surface area contributed by atoms with E-state index in [1.54, 1.807) is 6.07 Å². The van der Waals surface area contributed by atoms with Gasteiger partial charge in [-0.05, 0) is 24.5 Å². The van der Waals surface area contributed by atoms with E-state index in [-0.39, 0.29) is 5.82 Å². The van der Waals surface area contributed by atoms with Gasteiger partial charge >= 0.3 is 0 Å². The molecule has 17 heavy (non-hydrogen) atoms. The van der Waals surface area contributed by atoms with Gasteiger partial charge < -0.3 is 4.74 Å². The van der Waals surface area contributed by atoms with Gasteiger partial charge in [0.2, 0.25) is 0 Å². The molecule has 0 spiro atoms. The SMILES string of the molecule is CCc1ccc(CN2CCCOCC2)c(F)c1. The zero-order valence-corrected chi connectivity index (χ0v) is 10.4. The first-order chi connectivity index (χ1) is 8.29. The summed E-state index contributed by atoms with van der Waals surface area (Å²) in [5, 5.41) is 0. The summed E-state index contributed by atoms with van der Waals surface area (Å²) in [4.78, 5) is 2.26. The average Bonchev–Trinajstić information content (AvgIpc) is 2.60. The Morgan fingerprint density at radius 3 is 2.94 bits per heavy atom. The van der Waals surface area contributed by atoms with E-state index in [9.17, 15) is 4.39 Å². The Labute approximate surface area is 102 Å². The summed E-state index contributed by atoms with van der Waals surface area (Å²) in [6, 6.07) is 5.59. The topological polar surface area (TPSA) is 12.5 Å². The lowest BCUT2D eigenvalue weighted by Crippen LogP contribution is -2.26. The molecule has 0 atom stereocenters. The van der Waals surface area contributed by atoms with Crippen LogP contribution in [0.4, 0.5) is 4.39 Å². The molecule has 1 aliphatic heterocycles. The first kappa shape index (κ1) is 12.5. The lowest BCUT2D eigenvalue weighted by Gasteiger charge is -2.19. The first-order valence-corrected chi connectivity index (χ1v) is 6.37. The van der Waals surface area contributed by atoms with Crippen molar-refractivity contribution in [2.45, 2.75) is 26.3 Å². The summed E-state index contributed by atoms with van der Waals surface area (Å²) in [7, 11) is 0. The highest BCUT2D eigenvalue weighted by molar-refractivity contribution is 5.24. The van der Waals surface area contributed by atoms with Gasteiger partial charge in [0.15, 0.2) is 0 Å². The Balaban J connectivity index is 2.01. The van der Waals surface area contributed by atoms with E-state index in [0.717, 1.165) is 50.3 Å². The Morgan fingerprint density at radius 1 is 1.29 bits per heavy atom. The summed E-state index contributed by atoms with van der Waals surface area (Å²) >= 11 is 0. The maximum absolute atomic E-state index is 13.8. The largest absolute Gasteiger partial charge is 0.380 e. The molecule has 3 heteroatoms. The fourth-order valence-electron chi connectivity index (χ4n) is 2.14. The van der Waals surface area contributed by atoms with Crippen molar-refractivity contribution < 1.29 is 9.13 Å². The second-order valence-corrected chi connectivity index (χ2v) is 4.52. The molecule has 0 aliphatic carbocycles. The fraction of sp³-hybridized carbons (Fsp3) is 0.571. The Hall–Kier alpha value is -0.930. The summed E-state index contributed by atoms with van der Waals surface area (Å²) in [6.07, 6.45) is 1.92. The molecular formula is C14H20FNO. The van der Waals surface area contributed by atoms with Gasteiger partial charge in [-0.3, -0.25) is 4.90 Å². The third-order valence-corrected chi connectivity index (χ3v) is 3.23. The first-order valence-electron chi connectivity index (χ1n) is 6.37. The van der Waals surface area contributed by atoms with E-state index >= 15 is 0 Å². The molecule has 0 amide bonds. The number of benzene rings is 1. The smallest absolute Gasteiger partial charge is 0.127 e. The molecular weight excluding hydrogens is 217 g/mol. The second-order valence-electron chi connectivity index (χ2n) is 4.52. The Bertz CT molecular complexity index is 359. The van der Waals surface area contributed by atoms with E-state index in [0.29, 0.717) is 6.54 Å². The predicted molar refractivity (Wildman–Crippen MR) is 66.5 cm³/mol. The van der Waals surface area contributed by atoms with Crippen molar-refractivity contribution in [3.05, 3.63) is 35.1 Å². The molecule has 0 unspecified atom stereocenters. The van der Waals surface area contributed by atoms with Crippen LogP contribution in [0, 0.1) is 5.82 Å². The van der Waals surface area contributed by atoms with Crippen LogP contribution >= 0.6 is 0 Å². The van der Waals surface area contributed by atoms with Crippen molar-refractivity contribution in [1.29, 1.82) is 0 Å². The number of hydrogen-bond donors (Lipinski definition) is 0. The molecule has 0 bridgehead atoms. The average molecular weight is 237 g/mol. The number of hydrogen-bond acceptors (Lipinski definition) is 2. The van der Waals surface area contributed by atoms with Gasteiger partial charge in [-0.25, -0.2) is 4.39 Å². The quantitative estimate of drug-likeness (QED) is 0.801. The van der Waals surface area contributed by atoms with Crippen LogP contribution in [-0.4, -0.2) is 31.2 Å². The molecule has 1 heterocycles. The van der Waals surface area contributed by atoms with E-state index in [1.165, 1.54) is 0 Å². The molecule has 94 valence electrons. The number of aryl methyl sites for hydroxylation is 1. The van der Waals surface area contributed by atoms with Crippen LogP contribution in [0.2, 0.25) is 0 Å². The summed E-state index contributed by atoms with van der Waals surface area (Å²) in [5.41, 5.74) is 1.86. The highest BCUT2D eigenvalue weighted by Gasteiger charge is 2.12. The molecule has 0 aromatic heterocycles. The summed E-state index contributed by atoms with van der Waals surface area (Å²) in [5.74, 6) is -0.0745. The van der Waals surface area contributed by atoms with Crippen molar-refractivity contribution in [3.63, 3.8) is 0 Å².